The maximum Gasteiger partial charge on any atom is 0.202 e. The van der Waals surface area contributed by atoms with Gasteiger partial charge in [-0.15, -0.1) is 0 Å². The van der Waals surface area contributed by atoms with Crippen molar-refractivity contribution in [2.24, 2.45) is 5.73 Å². The van der Waals surface area contributed by atoms with E-state index in [4.69, 9.17) is 15.2 Å². The minimum absolute atomic E-state index is 0.0478. The van der Waals surface area contributed by atoms with E-state index in [1.807, 2.05) is 0 Å². The highest BCUT2D eigenvalue weighted by Gasteiger charge is 2.49. The molecule has 0 amide bonds. The van der Waals surface area contributed by atoms with Gasteiger partial charge in [-0.05, 0) is 19.9 Å². The van der Waals surface area contributed by atoms with Crippen LogP contribution in [0.1, 0.15) is 75.8 Å². The zero-order chi connectivity index (χ0) is 27.0. The largest absolute Gasteiger partial charge is 0.507 e. The number of carbonyl (C=O) groups excluding carboxylic acids is 3. The number of phenols is 3. The van der Waals surface area contributed by atoms with E-state index in [9.17, 15) is 39.9 Å². The second-order valence-corrected chi connectivity index (χ2v) is 9.95. The van der Waals surface area contributed by atoms with Gasteiger partial charge in [-0.1, -0.05) is 12.1 Å². The zero-order valence-corrected chi connectivity index (χ0v) is 20.1. The van der Waals surface area contributed by atoms with E-state index in [2.05, 4.69) is 0 Å². The molecule has 1 aliphatic heterocycles. The molecule has 11 heteroatoms. The molecule has 6 atom stereocenters. The van der Waals surface area contributed by atoms with E-state index in [-0.39, 0.29) is 35.1 Å². The second kappa shape index (κ2) is 8.61. The number of benzene rings is 2. The molecule has 1 fully saturated rings. The fourth-order valence-electron chi connectivity index (χ4n) is 5.50. The average molecular weight is 513 g/mol. The quantitative estimate of drug-likeness (QED) is 0.270. The molecular weight excluding hydrogens is 486 g/mol. The molecule has 0 aromatic heterocycles. The van der Waals surface area contributed by atoms with Gasteiger partial charge in [-0.2, -0.15) is 0 Å². The molecule has 5 rings (SSSR count). The van der Waals surface area contributed by atoms with E-state index in [1.54, 1.807) is 6.92 Å². The number of hydrogen-bond donors (Lipinski definition) is 6. The lowest BCUT2D eigenvalue weighted by Gasteiger charge is -2.42. The van der Waals surface area contributed by atoms with Gasteiger partial charge >= 0.3 is 0 Å². The van der Waals surface area contributed by atoms with Gasteiger partial charge in [0.15, 0.2) is 17.9 Å². The van der Waals surface area contributed by atoms with Crippen molar-refractivity contribution in [2.45, 2.75) is 69.4 Å². The summed E-state index contributed by atoms with van der Waals surface area (Å²) in [6.07, 6.45) is -4.68. The highest BCUT2D eigenvalue weighted by Crippen LogP contribution is 2.52. The lowest BCUT2D eigenvalue weighted by Crippen LogP contribution is -2.52. The Kier molecular flexibility index (Phi) is 5.89. The van der Waals surface area contributed by atoms with Crippen LogP contribution in [0.5, 0.6) is 17.2 Å². The molecule has 1 saturated heterocycles. The molecule has 1 heterocycles. The van der Waals surface area contributed by atoms with Gasteiger partial charge in [0.1, 0.15) is 22.8 Å². The molecule has 0 saturated carbocycles. The third-order valence-corrected chi connectivity index (χ3v) is 7.59. The molecule has 2 aromatic rings. The number of ketones is 3. The molecular formula is C26H27NO10. The van der Waals surface area contributed by atoms with Crippen molar-refractivity contribution in [1.82, 2.24) is 0 Å². The number of aliphatic hydroxyl groups excluding tert-OH is 1. The average Bonchev–Trinajstić information content (AvgIpc) is 2.82. The molecule has 3 aliphatic rings. The van der Waals surface area contributed by atoms with E-state index in [0.717, 1.165) is 6.92 Å². The lowest BCUT2D eigenvalue weighted by atomic mass is 9.72. The number of fused-ring (bicyclic) bond motifs is 3. The first kappa shape index (κ1) is 25.3. The summed E-state index contributed by atoms with van der Waals surface area (Å²) in [6, 6.07) is 3.20. The topological polar surface area (TPSA) is 197 Å². The number of rotatable bonds is 3. The molecule has 0 radical (unpaired) electrons. The van der Waals surface area contributed by atoms with Crippen LogP contribution < -0.4 is 5.73 Å². The van der Waals surface area contributed by atoms with Crippen LogP contribution in [-0.4, -0.2) is 73.0 Å². The molecule has 0 unspecified atom stereocenters. The number of Topliss-reactive ketones (excluding diaryl/α,β-unsaturated/α-hetero) is 1. The maximum atomic E-state index is 13.4. The fourth-order valence-corrected chi connectivity index (χ4v) is 5.50. The summed E-state index contributed by atoms with van der Waals surface area (Å²) in [6.45, 7) is 2.76. The SMILES string of the molecule is CC(=O)[C@]1(O)Cc2c(O)c3c(c(O)c2[C@H](O[C@H]2C[C@H](N)[C@H](O)[C@@H](C)O2)C1)C(=O)c1c(O)cccc1C3=O. The van der Waals surface area contributed by atoms with Gasteiger partial charge in [0, 0.05) is 42.0 Å². The number of phenolic OH excluding ortho intramolecular Hbond substituents is 3. The summed E-state index contributed by atoms with van der Waals surface area (Å²) < 4.78 is 11.7. The number of aromatic hydroxyl groups is 3. The number of carbonyl (C=O) groups is 3. The Labute approximate surface area is 211 Å². The first-order chi connectivity index (χ1) is 17.4. The smallest absolute Gasteiger partial charge is 0.202 e. The molecule has 11 nitrogen and oxygen atoms in total. The summed E-state index contributed by atoms with van der Waals surface area (Å²) in [5, 5.41) is 54.1. The van der Waals surface area contributed by atoms with Crippen molar-refractivity contribution in [1.29, 1.82) is 0 Å². The first-order valence-corrected chi connectivity index (χ1v) is 11.9. The van der Waals surface area contributed by atoms with E-state index in [1.165, 1.54) is 18.2 Å². The van der Waals surface area contributed by atoms with Crippen molar-refractivity contribution in [3.63, 3.8) is 0 Å². The van der Waals surface area contributed by atoms with Crippen molar-refractivity contribution in [3.8, 4) is 17.2 Å². The van der Waals surface area contributed by atoms with E-state index in [0.29, 0.717) is 0 Å². The molecule has 196 valence electrons. The Morgan fingerprint density at radius 3 is 2.43 bits per heavy atom. The van der Waals surface area contributed by atoms with Crippen LogP contribution in [0.4, 0.5) is 0 Å². The van der Waals surface area contributed by atoms with Gasteiger partial charge < -0.3 is 40.7 Å². The first-order valence-electron chi connectivity index (χ1n) is 11.9. The predicted octanol–water partition coefficient (Wildman–Crippen LogP) is 0.726. The van der Waals surface area contributed by atoms with Crippen molar-refractivity contribution >= 4 is 17.3 Å². The highest BCUT2D eigenvalue weighted by atomic mass is 16.7. The molecule has 0 bridgehead atoms. The Morgan fingerprint density at radius 1 is 1.11 bits per heavy atom. The minimum atomic E-state index is -2.02. The molecule has 7 N–H and O–H groups in total. The zero-order valence-electron chi connectivity index (χ0n) is 20.1. The van der Waals surface area contributed by atoms with Crippen molar-refractivity contribution in [2.75, 3.05) is 0 Å². The van der Waals surface area contributed by atoms with Crippen LogP contribution in [0.3, 0.4) is 0 Å². The van der Waals surface area contributed by atoms with Crippen LogP contribution in [0.25, 0.3) is 0 Å². The van der Waals surface area contributed by atoms with Gasteiger partial charge in [0.25, 0.3) is 0 Å². The fraction of sp³-hybridized carbons (Fsp3) is 0.423. The molecule has 37 heavy (non-hydrogen) atoms. The molecule has 2 aliphatic carbocycles. The molecule has 0 spiro atoms. The Morgan fingerprint density at radius 2 is 1.78 bits per heavy atom. The maximum absolute atomic E-state index is 13.4. The van der Waals surface area contributed by atoms with Crippen LogP contribution in [0.15, 0.2) is 18.2 Å². The summed E-state index contributed by atoms with van der Waals surface area (Å²) in [7, 11) is 0. The predicted molar refractivity (Wildman–Crippen MR) is 125 cm³/mol. The summed E-state index contributed by atoms with van der Waals surface area (Å²) in [5.41, 5.74) is 2.29. The van der Waals surface area contributed by atoms with E-state index < -0.39 is 88.4 Å². The summed E-state index contributed by atoms with van der Waals surface area (Å²) in [5.74, 6) is -4.13. The van der Waals surface area contributed by atoms with Crippen LogP contribution >= 0.6 is 0 Å². The van der Waals surface area contributed by atoms with Crippen LogP contribution in [0, 0.1) is 0 Å². The van der Waals surface area contributed by atoms with Gasteiger partial charge in [0.2, 0.25) is 5.78 Å². The Hall–Kier alpha value is -3.35. The number of nitrogens with two attached hydrogens (primary N) is 1. The third-order valence-electron chi connectivity index (χ3n) is 7.59. The second-order valence-electron chi connectivity index (χ2n) is 9.95. The van der Waals surface area contributed by atoms with Gasteiger partial charge in [0.05, 0.1) is 35.0 Å². The summed E-state index contributed by atoms with van der Waals surface area (Å²) >= 11 is 0. The minimum Gasteiger partial charge on any atom is -0.507 e. The Balaban J connectivity index is 1.68. The number of ether oxygens (including phenoxy) is 2. The van der Waals surface area contributed by atoms with Gasteiger partial charge in [-0.25, -0.2) is 0 Å². The monoisotopic (exact) mass is 513 g/mol. The third kappa shape index (κ3) is 3.73. The van der Waals surface area contributed by atoms with Crippen molar-refractivity contribution in [3.05, 3.63) is 51.6 Å². The van der Waals surface area contributed by atoms with E-state index >= 15 is 0 Å². The number of hydrogen-bond acceptors (Lipinski definition) is 11. The van der Waals surface area contributed by atoms with Crippen LogP contribution in [-0.2, 0) is 20.7 Å². The highest BCUT2D eigenvalue weighted by molar-refractivity contribution is 6.31. The lowest BCUT2D eigenvalue weighted by molar-refractivity contribution is -0.247. The standard InChI is InChI=1S/C26H27NO10/c1-9-21(30)13(27)6-16(36-9)37-15-8-26(35,10(2)28)7-12-18(15)25(34)20-19(23(12)32)22(31)11-4-3-5-14(29)17(11)24(20)33/h3-5,9,13,15-16,21,29-30,32,34-35H,6-8,27H2,1-2H3/t9-,13+,15-,16+,21-,26+/m1/s1. The normalized spacial score (nSPS) is 30.9. The van der Waals surface area contributed by atoms with Crippen molar-refractivity contribution < 1.29 is 49.4 Å². The van der Waals surface area contributed by atoms with Crippen LogP contribution in [0.2, 0.25) is 0 Å². The Bertz CT molecular complexity index is 1340. The van der Waals surface area contributed by atoms with Gasteiger partial charge in [-0.3, -0.25) is 14.4 Å². The summed E-state index contributed by atoms with van der Waals surface area (Å²) in [4.78, 5) is 39.1. The number of aliphatic hydroxyl groups is 2. The molecule has 2 aromatic carbocycles.